The van der Waals surface area contributed by atoms with Crippen LogP contribution < -0.4 is 5.32 Å². The molecule has 0 saturated carbocycles. The summed E-state index contributed by atoms with van der Waals surface area (Å²) in [5.41, 5.74) is 0.678. The smallest absolute Gasteiger partial charge is 0.266 e. The predicted octanol–water partition coefficient (Wildman–Crippen LogP) is 5.85. The molecular weight excluding hydrogens is 378 g/mol. The maximum Gasteiger partial charge on any atom is 0.266 e. The Bertz CT molecular complexity index is 840. The predicted molar refractivity (Wildman–Crippen MR) is 95.1 cm³/mol. The van der Waals surface area contributed by atoms with Gasteiger partial charge in [0.05, 0.1) is 15.7 Å². The van der Waals surface area contributed by atoms with Crippen molar-refractivity contribution in [3.63, 3.8) is 0 Å². The SMILES string of the molecule is N#C/C(=C\c1ccc(Cl)cc1Cl)C(=O)Nc1cccc(Cl)c1Cl. The molecule has 0 saturated heterocycles. The van der Waals surface area contributed by atoms with Crippen LogP contribution in [0.15, 0.2) is 42.0 Å². The molecule has 0 aliphatic carbocycles. The van der Waals surface area contributed by atoms with Crippen molar-refractivity contribution < 1.29 is 4.79 Å². The molecular formula is C16H8Cl4N2O. The Balaban J connectivity index is 2.30. The summed E-state index contributed by atoms with van der Waals surface area (Å²) in [4.78, 5) is 12.2. The van der Waals surface area contributed by atoms with Crippen molar-refractivity contribution in [3.05, 3.63) is 67.6 Å². The first-order valence-electron chi connectivity index (χ1n) is 6.24. The number of halogens is 4. The van der Waals surface area contributed by atoms with E-state index in [0.717, 1.165) is 0 Å². The molecule has 0 heterocycles. The van der Waals surface area contributed by atoms with Gasteiger partial charge in [-0.1, -0.05) is 58.5 Å². The number of rotatable bonds is 3. The van der Waals surface area contributed by atoms with Crippen molar-refractivity contribution in [2.75, 3.05) is 5.32 Å². The minimum absolute atomic E-state index is 0.134. The van der Waals surface area contributed by atoms with Gasteiger partial charge in [-0.15, -0.1) is 0 Å². The molecule has 2 rings (SSSR count). The summed E-state index contributed by atoms with van der Waals surface area (Å²) in [5, 5.41) is 13.0. The molecule has 0 aliphatic rings. The summed E-state index contributed by atoms with van der Waals surface area (Å²) in [6, 6.07) is 11.4. The van der Waals surface area contributed by atoms with Crippen LogP contribution in [0, 0.1) is 11.3 Å². The maximum absolute atomic E-state index is 12.2. The summed E-state index contributed by atoms with van der Waals surface area (Å²) in [6.45, 7) is 0. The van der Waals surface area contributed by atoms with E-state index >= 15 is 0 Å². The highest BCUT2D eigenvalue weighted by atomic mass is 35.5. The van der Waals surface area contributed by atoms with E-state index in [2.05, 4.69) is 5.32 Å². The van der Waals surface area contributed by atoms with E-state index < -0.39 is 5.91 Å². The van der Waals surface area contributed by atoms with Gasteiger partial charge in [-0.25, -0.2) is 0 Å². The van der Waals surface area contributed by atoms with Crippen LogP contribution in [0.3, 0.4) is 0 Å². The van der Waals surface area contributed by atoms with Gasteiger partial charge in [0.1, 0.15) is 11.6 Å². The third-order valence-electron chi connectivity index (χ3n) is 2.83. The first-order valence-corrected chi connectivity index (χ1v) is 7.75. The Morgan fingerprint density at radius 2 is 1.83 bits per heavy atom. The monoisotopic (exact) mass is 384 g/mol. The van der Waals surface area contributed by atoms with Gasteiger partial charge in [-0.2, -0.15) is 5.26 Å². The van der Waals surface area contributed by atoms with Crippen molar-refractivity contribution in [2.24, 2.45) is 0 Å². The molecule has 2 aromatic rings. The molecule has 23 heavy (non-hydrogen) atoms. The number of nitriles is 1. The van der Waals surface area contributed by atoms with Gasteiger partial charge in [0.15, 0.2) is 0 Å². The number of nitrogens with zero attached hydrogens (tertiary/aromatic N) is 1. The lowest BCUT2D eigenvalue weighted by molar-refractivity contribution is -0.112. The number of hydrogen-bond donors (Lipinski definition) is 1. The number of carbonyl (C=O) groups is 1. The molecule has 0 radical (unpaired) electrons. The third-order valence-corrected chi connectivity index (χ3v) is 4.21. The van der Waals surface area contributed by atoms with E-state index in [9.17, 15) is 10.1 Å². The second-order valence-corrected chi connectivity index (χ2v) is 6.02. The standard InChI is InChI=1S/C16H8Cl4N2O/c17-11-5-4-9(13(19)7-11)6-10(8-21)16(23)22-14-3-1-2-12(18)15(14)20/h1-7H,(H,22,23)/b10-6+. The lowest BCUT2D eigenvalue weighted by Crippen LogP contribution is -2.13. The number of hydrogen-bond acceptors (Lipinski definition) is 2. The Morgan fingerprint density at radius 3 is 2.48 bits per heavy atom. The lowest BCUT2D eigenvalue weighted by atomic mass is 10.1. The van der Waals surface area contributed by atoms with E-state index in [1.807, 2.05) is 6.07 Å². The van der Waals surface area contributed by atoms with E-state index in [1.165, 1.54) is 12.1 Å². The Morgan fingerprint density at radius 1 is 1.09 bits per heavy atom. The van der Waals surface area contributed by atoms with Crippen molar-refractivity contribution in [1.82, 2.24) is 0 Å². The number of amides is 1. The summed E-state index contributed by atoms with van der Waals surface area (Å²) in [7, 11) is 0. The number of nitrogens with one attached hydrogen (secondary N) is 1. The van der Waals surface area contributed by atoms with Crippen LogP contribution in [0.5, 0.6) is 0 Å². The molecule has 0 bridgehead atoms. The zero-order chi connectivity index (χ0) is 17.0. The molecule has 0 unspecified atom stereocenters. The van der Waals surface area contributed by atoms with Crippen LogP contribution in [0.4, 0.5) is 5.69 Å². The molecule has 7 heteroatoms. The van der Waals surface area contributed by atoms with Gasteiger partial charge in [-0.3, -0.25) is 4.79 Å². The molecule has 116 valence electrons. The Hall–Kier alpha value is -1.70. The fourth-order valence-corrected chi connectivity index (χ4v) is 2.52. The Labute approximate surface area is 153 Å². The van der Waals surface area contributed by atoms with Gasteiger partial charge in [-0.05, 0) is 35.9 Å². The second-order valence-electron chi connectivity index (χ2n) is 4.39. The summed E-state index contributed by atoms with van der Waals surface area (Å²) >= 11 is 23.7. The first kappa shape index (κ1) is 17.7. The highest BCUT2D eigenvalue weighted by Gasteiger charge is 2.13. The minimum atomic E-state index is -0.623. The molecule has 0 spiro atoms. The van der Waals surface area contributed by atoms with Crippen molar-refractivity contribution in [2.45, 2.75) is 0 Å². The first-order chi connectivity index (χ1) is 10.9. The quantitative estimate of drug-likeness (QED) is 0.532. The molecule has 1 N–H and O–H groups in total. The highest BCUT2D eigenvalue weighted by molar-refractivity contribution is 6.44. The van der Waals surface area contributed by atoms with Gasteiger partial charge < -0.3 is 5.32 Å². The van der Waals surface area contributed by atoms with Crippen LogP contribution in [-0.2, 0) is 4.79 Å². The Kier molecular flexibility index (Phi) is 5.92. The fraction of sp³-hybridized carbons (Fsp3) is 0. The van der Waals surface area contributed by atoms with Crippen LogP contribution in [-0.4, -0.2) is 5.91 Å². The van der Waals surface area contributed by atoms with E-state index in [4.69, 9.17) is 46.4 Å². The van der Waals surface area contributed by atoms with E-state index in [0.29, 0.717) is 26.3 Å². The summed E-state index contributed by atoms with van der Waals surface area (Å²) < 4.78 is 0. The summed E-state index contributed by atoms with van der Waals surface area (Å²) in [6.07, 6.45) is 1.37. The lowest BCUT2D eigenvalue weighted by Gasteiger charge is -2.07. The van der Waals surface area contributed by atoms with Crippen LogP contribution in [0.1, 0.15) is 5.56 Å². The van der Waals surface area contributed by atoms with Gasteiger partial charge in [0, 0.05) is 10.0 Å². The van der Waals surface area contributed by atoms with E-state index in [-0.39, 0.29) is 10.6 Å². The topological polar surface area (TPSA) is 52.9 Å². The molecule has 0 fully saturated rings. The average molecular weight is 386 g/mol. The van der Waals surface area contributed by atoms with Crippen LogP contribution >= 0.6 is 46.4 Å². The van der Waals surface area contributed by atoms with Crippen LogP contribution in [0.25, 0.3) is 6.08 Å². The molecule has 0 aliphatic heterocycles. The van der Waals surface area contributed by atoms with Crippen molar-refractivity contribution >= 4 is 64.1 Å². The molecule has 3 nitrogen and oxygen atoms in total. The van der Waals surface area contributed by atoms with Gasteiger partial charge >= 0.3 is 0 Å². The number of benzene rings is 2. The normalized spacial score (nSPS) is 11.0. The maximum atomic E-state index is 12.2. The zero-order valence-electron chi connectivity index (χ0n) is 11.4. The fourth-order valence-electron chi connectivity index (χ4n) is 1.71. The second kappa shape index (κ2) is 7.72. The largest absolute Gasteiger partial charge is 0.320 e. The molecule has 1 amide bonds. The van der Waals surface area contributed by atoms with Crippen LogP contribution in [0.2, 0.25) is 20.1 Å². The minimum Gasteiger partial charge on any atom is -0.320 e. The molecule has 2 aromatic carbocycles. The summed E-state index contributed by atoms with van der Waals surface area (Å²) in [5.74, 6) is -0.623. The van der Waals surface area contributed by atoms with Gasteiger partial charge in [0.2, 0.25) is 0 Å². The molecule has 0 atom stereocenters. The van der Waals surface area contributed by atoms with Crippen molar-refractivity contribution in [1.29, 1.82) is 5.26 Å². The highest BCUT2D eigenvalue weighted by Crippen LogP contribution is 2.30. The number of carbonyl (C=O) groups excluding carboxylic acids is 1. The van der Waals surface area contributed by atoms with Gasteiger partial charge in [0.25, 0.3) is 5.91 Å². The average Bonchev–Trinajstić information content (AvgIpc) is 2.51. The zero-order valence-corrected chi connectivity index (χ0v) is 14.4. The van der Waals surface area contributed by atoms with Crippen molar-refractivity contribution in [3.8, 4) is 6.07 Å². The number of anilines is 1. The van der Waals surface area contributed by atoms with E-state index in [1.54, 1.807) is 30.3 Å². The third kappa shape index (κ3) is 4.40. The molecule has 0 aromatic heterocycles.